The Kier molecular flexibility index (Phi) is 5.83. The number of rotatable bonds is 7. The Hall–Kier alpha value is -0.700. The fourth-order valence-corrected chi connectivity index (χ4v) is 3.04. The maximum atomic E-state index is 12.1. The molecule has 0 saturated carbocycles. The van der Waals surface area contributed by atoms with Gasteiger partial charge in [-0.2, -0.15) is 11.8 Å². The van der Waals surface area contributed by atoms with Crippen molar-refractivity contribution in [3.05, 3.63) is 23.0 Å². The van der Waals surface area contributed by atoms with Gasteiger partial charge >= 0.3 is 0 Å². The quantitative estimate of drug-likeness (QED) is 0.544. The molecule has 1 heterocycles. The summed E-state index contributed by atoms with van der Waals surface area (Å²) < 4.78 is 2.20. The second-order valence-corrected chi connectivity index (χ2v) is 5.46. The summed E-state index contributed by atoms with van der Waals surface area (Å²) >= 11 is 1.75. The van der Waals surface area contributed by atoms with E-state index in [0.29, 0.717) is 5.75 Å². The highest BCUT2D eigenvalue weighted by atomic mass is 32.2. The first-order valence-corrected chi connectivity index (χ1v) is 7.54. The molecular weight excluding hydrogens is 230 g/mol. The van der Waals surface area contributed by atoms with E-state index in [2.05, 4.69) is 25.3 Å². The van der Waals surface area contributed by atoms with Crippen LogP contribution in [0.2, 0.25) is 0 Å². The van der Waals surface area contributed by atoms with Gasteiger partial charge in [0.2, 0.25) is 0 Å². The zero-order valence-electron chi connectivity index (χ0n) is 11.4. The number of hydrogen-bond acceptors (Lipinski definition) is 2. The van der Waals surface area contributed by atoms with Gasteiger partial charge < -0.3 is 4.57 Å². The Morgan fingerprint density at radius 3 is 2.59 bits per heavy atom. The van der Waals surface area contributed by atoms with Crippen molar-refractivity contribution in [2.45, 2.75) is 47.1 Å². The highest BCUT2D eigenvalue weighted by molar-refractivity contribution is 7.99. The molecule has 0 aromatic carbocycles. The Morgan fingerprint density at radius 1 is 1.35 bits per heavy atom. The molecule has 3 heteroatoms. The van der Waals surface area contributed by atoms with Crippen LogP contribution in [0.25, 0.3) is 0 Å². The minimum atomic E-state index is 0.277. The van der Waals surface area contributed by atoms with Crippen molar-refractivity contribution in [2.24, 2.45) is 0 Å². The molecule has 0 radical (unpaired) electrons. The molecule has 0 spiro atoms. The molecule has 17 heavy (non-hydrogen) atoms. The van der Waals surface area contributed by atoms with Crippen molar-refractivity contribution >= 4 is 17.5 Å². The molecule has 0 N–H and O–H groups in total. The second-order valence-electron chi connectivity index (χ2n) is 4.36. The maximum Gasteiger partial charge on any atom is 0.174 e. The molecule has 1 aromatic heterocycles. The molecule has 0 aliphatic heterocycles. The number of thioether (sulfide) groups is 1. The first kappa shape index (κ1) is 14.4. The third-order valence-electron chi connectivity index (χ3n) is 3.07. The van der Waals surface area contributed by atoms with E-state index in [1.54, 1.807) is 11.8 Å². The molecule has 1 rings (SSSR count). The van der Waals surface area contributed by atoms with Gasteiger partial charge in [0, 0.05) is 23.5 Å². The highest BCUT2D eigenvalue weighted by Crippen LogP contribution is 2.17. The average molecular weight is 253 g/mol. The summed E-state index contributed by atoms with van der Waals surface area (Å²) in [6.45, 7) is 9.34. The monoisotopic (exact) mass is 253 g/mol. The van der Waals surface area contributed by atoms with Crippen LogP contribution in [0.4, 0.5) is 0 Å². The molecule has 0 amide bonds. The van der Waals surface area contributed by atoms with Crippen LogP contribution in [0.5, 0.6) is 0 Å². The molecule has 2 nitrogen and oxygen atoms in total. The van der Waals surface area contributed by atoms with Crippen molar-refractivity contribution < 1.29 is 4.79 Å². The standard InChI is InChI=1S/C14H23NOS/c1-5-7-8-17-10-14(16)13-9-11(3)15(6-2)12(13)4/h9H,5-8,10H2,1-4H3. The molecule has 0 aliphatic rings. The van der Waals surface area contributed by atoms with Crippen LogP contribution in [0.1, 0.15) is 48.4 Å². The fourth-order valence-electron chi connectivity index (χ4n) is 2.06. The van der Waals surface area contributed by atoms with Gasteiger partial charge in [0.1, 0.15) is 0 Å². The van der Waals surface area contributed by atoms with Gasteiger partial charge in [0.05, 0.1) is 5.75 Å². The second kappa shape index (κ2) is 6.90. The zero-order valence-corrected chi connectivity index (χ0v) is 12.2. The number of aromatic nitrogens is 1. The summed E-state index contributed by atoms with van der Waals surface area (Å²) in [6, 6.07) is 2.03. The summed E-state index contributed by atoms with van der Waals surface area (Å²) in [6.07, 6.45) is 2.40. The normalized spacial score (nSPS) is 10.8. The lowest BCUT2D eigenvalue weighted by Crippen LogP contribution is -2.06. The smallest absolute Gasteiger partial charge is 0.174 e. The van der Waals surface area contributed by atoms with Gasteiger partial charge in [-0.3, -0.25) is 4.79 Å². The van der Waals surface area contributed by atoms with Gasteiger partial charge in [-0.05, 0) is 39.0 Å². The summed E-state index contributed by atoms with van der Waals surface area (Å²) in [5, 5.41) is 0. The van der Waals surface area contributed by atoms with Crippen LogP contribution in [-0.2, 0) is 6.54 Å². The zero-order chi connectivity index (χ0) is 12.8. The van der Waals surface area contributed by atoms with Crippen LogP contribution >= 0.6 is 11.8 Å². The van der Waals surface area contributed by atoms with Crippen molar-refractivity contribution in [3.63, 3.8) is 0 Å². The predicted molar refractivity (Wildman–Crippen MR) is 76.1 cm³/mol. The number of nitrogens with zero attached hydrogens (tertiary/aromatic N) is 1. The first-order chi connectivity index (χ1) is 8.11. The third-order valence-corrected chi connectivity index (χ3v) is 4.11. The topological polar surface area (TPSA) is 22.0 Å². The number of ketones is 1. The minimum Gasteiger partial charge on any atom is -0.349 e. The predicted octanol–water partition coefficient (Wildman–Crippen LogP) is 3.84. The van der Waals surface area contributed by atoms with Crippen LogP contribution in [0.3, 0.4) is 0 Å². The SMILES string of the molecule is CCCCSCC(=O)c1cc(C)n(CC)c1C. The molecule has 1 aromatic rings. The number of carbonyl (C=O) groups excluding carboxylic acids is 1. The maximum absolute atomic E-state index is 12.1. The summed E-state index contributed by atoms with van der Waals surface area (Å²) in [5.74, 6) is 1.99. The largest absolute Gasteiger partial charge is 0.349 e. The summed E-state index contributed by atoms with van der Waals surface area (Å²) in [7, 11) is 0. The molecule has 0 saturated heterocycles. The van der Waals surface area contributed by atoms with Crippen molar-refractivity contribution in [3.8, 4) is 0 Å². The van der Waals surface area contributed by atoms with Crippen molar-refractivity contribution in [2.75, 3.05) is 11.5 Å². The molecule has 0 aliphatic carbocycles. The highest BCUT2D eigenvalue weighted by Gasteiger charge is 2.14. The molecule has 0 unspecified atom stereocenters. The minimum absolute atomic E-state index is 0.277. The lowest BCUT2D eigenvalue weighted by atomic mass is 10.2. The van der Waals surface area contributed by atoms with Gasteiger partial charge in [-0.1, -0.05) is 13.3 Å². The average Bonchev–Trinajstić information content (AvgIpc) is 2.60. The van der Waals surface area contributed by atoms with Crippen molar-refractivity contribution in [1.29, 1.82) is 0 Å². The Balaban J connectivity index is 2.63. The molecule has 0 atom stereocenters. The van der Waals surface area contributed by atoms with Crippen LogP contribution in [-0.4, -0.2) is 21.9 Å². The summed E-state index contributed by atoms with van der Waals surface area (Å²) in [5.41, 5.74) is 3.21. The third kappa shape index (κ3) is 3.63. The molecule has 0 fully saturated rings. The van der Waals surface area contributed by atoms with E-state index in [-0.39, 0.29) is 5.78 Å². The lowest BCUT2D eigenvalue weighted by Gasteiger charge is -2.05. The van der Waals surface area contributed by atoms with Gasteiger partial charge in [0.15, 0.2) is 5.78 Å². The Labute approximate surface area is 109 Å². The lowest BCUT2D eigenvalue weighted by molar-refractivity contribution is 0.102. The molecular formula is C14H23NOS. The van der Waals surface area contributed by atoms with Crippen molar-refractivity contribution in [1.82, 2.24) is 4.57 Å². The van der Waals surface area contributed by atoms with E-state index >= 15 is 0 Å². The van der Waals surface area contributed by atoms with Gasteiger partial charge in [0.25, 0.3) is 0 Å². The van der Waals surface area contributed by atoms with Gasteiger partial charge in [-0.15, -0.1) is 0 Å². The van der Waals surface area contributed by atoms with Crippen LogP contribution < -0.4 is 0 Å². The number of aryl methyl sites for hydroxylation is 1. The Morgan fingerprint density at radius 2 is 2.06 bits per heavy atom. The van der Waals surface area contributed by atoms with E-state index in [1.165, 1.54) is 18.5 Å². The van der Waals surface area contributed by atoms with Gasteiger partial charge in [-0.25, -0.2) is 0 Å². The molecule has 0 bridgehead atoms. The number of carbonyl (C=O) groups is 1. The van der Waals surface area contributed by atoms with Crippen LogP contribution in [0.15, 0.2) is 6.07 Å². The first-order valence-electron chi connectivity index (χ1n) is 6.39. The summed E-state index contributed by atoms with van der Waals surface area (Å²) in [4.78, 5) is 12.1. The fraction of sp³-hybridized carbons (Fsp3) is 0.643. The number of Topliss-reactive ketones (excluding diaryl/α,β-unsaturated/α-hetero) is 1. The number of unbranched alkanes of at least 4 members (excludes halogenated alkanes) is 1. The Bertz CT molecular complexity index is 382. The van der Waals surface area contributed by atoms with Crippen LogP contribution in [0, 0.1) is 13.8 Å². The van der Waals surface area contributed by atoms with E-state index < -0.39 is 0 Å². The van der Waals surface area contributed by atoms with E-state index in [1.807, 2.05) is 13.0 Å². The molecule has 96 valence electrons. The van der Waals surface area contributed by atoms with E-state index in [0.717, 1.165) is 23.6 Å². The van der Waals surface area contributed by atoms with E-state index in [4.69, 9.17) is 0 Å². The van der Waals surface area contributed by atoms with E-state index in [9.17, 15) is 4.79 Å². The number of hydrogen-bond donors (Lipinski definition) is 0.